The molecule has 14 nitrogen and oxygen atoms in total. The van der Waals surface area contributed by atoms with Crippen LogP contribution in [0, 0.1) is 0 Å². The number of imidazole rings is 1. The molecule has 0 radical (unpaired) electrons. The van der Waals surface area contributed by atoms with Crippen molar-refractivity contribution in [2.75, 3.05) is 12.0 Å². The number of carbonyl (C=O) groups excluding carboxylic acids is 3. The van der Waals surface area contributed by atoms with Crippen LogP contribution in [0.4, 0.5) is 0 Å². The SMILES string of the molecule is CSCCC(NC(=O)C(CC(=O)O)NC(=O)C(Cc1ccc(O)cc1)NC(=O)C(N)Cc1cnc[nH]1)C(=O)O. The third kappa shape index (κ3) is 10.6. The number of thioether (sulfide) groups is 1. The van der Waals surface area contributed by atoms with Crippen molar-refractivity contribution in [2.24, 2.45) is 5.73 Å². The number of nitrogens with zero attached hydrogens (tertiary/aromatic N) is 1. The van der Waals surface area contributed by atoms with Gasteiger partial charge in [0.15, 0.2) is 0 Å². The van der Waals surface area contributed by atoms with E-state index in [9.17, 15) is 39.3 Å². The van der Waals surface area contributed by atoms with Gasteiger partial charge in [0.2, 0.25) is 17.7 Å². The normalized spacial score (nSPS) is 13.9. The molecule has 0 saturated heterocycles. The van der Waals surface area contributed by atoms with Crippen molar-refractivity contribution >= 4 is 41.4 Å². The summed E-state index contributed by atoms with van der Waals surface area (Å²) in [5.74, 6) is -4.88. The summed E-state index contributed by atoms with van der Waals surface area (Å²) < 4.78 is 0. The molecule has 15 heteroatoms. The number of hydrogen-bond donors (Lipinski definition) is 8. The number of phenols is 1. The first-order valence-corrected chi connectivity index (χ1v) is 13.2. The van der Waals surface area contributed by atoms with Gasteiger partial charge in [0.25, 0.3) is 0 Å². The molecule has 212 valence electrons. The molecule has 39 heavy (non-hydrogen) atoms. The van der Waals surface area contributed by atoms with Crippen LogP contribution in [0.2, 0.25) is 0 Å². The Morgan fingerprint density at radius 1 is 0.949 bits per heavy atom. The third-order valence-electron chi connectivity index (χ3n) is 5.58. The number of phenolic OH excluding ortho intramolecular Hbond substituents is 1. The zero-order valence-electron chi connectivity index (χ0n) is 21.1. The first-order chi connectivity index (χ1) is 18.5. The smallest absolute Gasteiger partial charge is 0.326 e. The molecule has 1 aromatic carbocycles. The van der Waals surface area contributed by atoms with Gasteiger partial charge in [-0.25, -0.2) is 9.78 Å². The number of carbonyl (C=O) groups is 5. The number of hydrogen-bond acceptors (Lipinski definition) is 9. The van der Waals surface area contributed by atoms with E-state index in [1.54, 1.807) is 6.26 Å². The highest BCUT2D eigenvalue weighted by molar-refractivity contribution is 7.98. The first-order valence-electron chi connectivity index (χ1n) is 11.9. The van der Waals surface area contributed by atoms with Crippen LogP contribution in [0.1, 0.15) is 24.1 Å². The van der Waals surface area contributed by atoms with Crippen molar-refractivity contribution in [3.63, 3.8) is 0 Å². The van der Waals surface area contributed by atoms with Crippen LogP contribution in [0.15, 0.2) is 36.8 Å². The predicted molar refractivity (Wildman–Crippen MR) is 141 cm³/mol. The van der Waals surface area contributed by atoms with E-state index in [0.717, 1.165) is 0 Å². The number of aromatic amines is 1. The minimum Gasteiger partial charge on any atom is -0.508 e. The Morgan fingerprint density at radius 3 is 2.13 bits per heavy atom. The highest BCUT2D eigenvalue weighted by Crippen LogP contribution is 2.12. The van der Waals surface area contributed by atoms with Crippen molar-refractivity contribution in [3.8, 4) is 5.75 Å². The summed E-state index contributed by atoms with van der Waals surface area (Å²) in [4.78, 5) is 68.5. The average molecular weight is 565 g/mol. The van der Waals surface area contributed by atoms with E-state index in [-0.39, 0.29) is 25.0 Å². The second-order valence-corrected chi connectivity index (χ2v) is 9.64. The summed E-state index contributed by atoms with van der Waals surface area (Å²) in [6.07, 6.45) is 3.95. The molecule has 4 atom stereocenters. The maximum Gasteiger partial charge on any atom is 0.326 e. The third-order valence-corrected chi connectivity index (χ3v) is 6.22. The van der Waals surface area contributed by atoms with Gasteiger partial charge in [-0.15, -0.1) is 0 Å². The molecule has 9 N–H and O–H groups in total. The Bertz CT molecular complexity index is 1130. The van der Waals surface area contributed by atoms with Crippen LogP contribution < -0.4 is 21.7 Å². The van der Waals surface area contributed by atoms with E-state index in [1.165, 1.54) is 48.6 Å². The molecular formula is C24H32N6O8S. The molecule has 0 fully saturated rings. The van der Waals surface area contributed by atoms with Gasteiger partial charge in [-0.05, 0) is 36.1 Å². The Hall–Kier alpha value is -4.11. The summed E-state index contributed by atoms with van der Waals surface area (Å²) >= 11 is 1.37. The van der Waals surface area contributed by atoms with Crippen molar-refractivity contribution in [2.45, 2.75) is 49.9 Å². The van der Waals surface area contributed by atoms with E-state index in [2.05, 4.69) is 25.9 Å². The Balaban J connectivity index is 2.21. The monoisotopic (exact) mass is 564 g/mol. The second kappa shape index (κ2) is 15.3. The molecule has 4 unspecified atom stereocenters. The molecule has 0 spiro atoms. The van der Waals surface area contributed by atoms with Crippen molar-refractivity contribution < 1.29 is 39.3 Å². The quantitative estimate of drug-likeness (QED) is 0.123. The van der Waals surface area contributed by atoms with Crippen LogP contribution in [-0.2, 0) is 36.8 Å². The summed E-state index contributed by atoms with van der Waals surface area (Å²) in [6.45, 7) is 0. The molecule has 0 saturated carbocycles. The molecule has 1 aromatic heterocycles. The topological polar surface area (TPSA) is 237 Å². The summed E-state index contributed by atoms with van der Waals surface area (Å²) in [6, 6.07) is 0.565. The largest absolute Gasteiger partial charge is 0.508 e. The number of aromatic nitrogens is 2. The number of carboxylic acid groups (broad SMARTS) is 2. The number of aliphatic carboxylic acids is 2. The molecule has 1 heterocycles. The van der Waals surface area contributed by atoms with Gasteiger partial charge in [0.05, 0.1) is 18.8 Å². The van der Waals surface area contributed by atoms with E-state index in [1.807, 2.05) is 0 Å². The molecule has 2 aromatic rings. The molecule has 0 aliphatic carbocycles. The van der Waals surface area contributed by atoms with E-state index in [4.69, 9.17) is 5.73 Å². The summed E-state index contributed by atoms with van der Waals surface area (Å²) in [7, 11) is 0. The highest BCUT2D eigenvalue weighted by atomic mass is 32.2. The molecule has 0 aliphatic rings. The number of carboxylic acids is 2. The lowest BCUT2D eigenvalue weighted by Gasteiger charge is -2.24. The van der Waals surface area contributed by atoms with Crippen molar-refractivity contribution in [3.05, 3.63) is 48.0 Å². The minimum atomic E-state index is -1.62. The number of H-pyrrole nitrogens is 1. The lowest BCUT2D eigenvalue weighted by atomic mass is 10.0. The molecule has 0 bridgehead atoms. The number of benzene rings is 1. The van der Waals surface area contributed by atoms with Gasteiger partial charge >= 0.3 is 11.9 Å². The Kier molecular flexibility index (Phi) is 12.2. The zero-order valence-corrected chi connectivity index (χ0v) is 21.9. The maximum absolute atomic E-state index is 13.3. The summed E-state index contributed by atoms with van der Waals surface area (Å²) in [5.41, 5.74) is 7.11. The van der Waals surface area contributed by atoms with Crippen LogP contribution in [-0.4, -0.2) is 91.1 Å². The van der Waals surface area contributed by atoms with Gasteiger partial charge < -0.3 is 42.0 Å². The summed E-state index contributed by atoms with van der Waals surface area (Å²) in [5, 5.41) is 35.4. The number of nitrogens with one attached hydrogen (secondary N) is 4. The second-order valence-electron chi connectivity index (χ2n) is 8.66. The van der Waals surface area contributed by atoms with Crippen LogP contribution in [0.5, 0.6) is 5.75 Å². The standard InChI is InChI=1S/C24H32N6O8S/c1-39-7-6-17(24(37)38)28-23(36)19(10-20(32)33)30-22(35)18(8-13-2-4-15(31)5-3-13)29-21(34)16(25)9-14-11-26-12-27-14/h2-5,11-12,16-19,31H,6-10,25H2,1H3,(H,26,27)(H,28,36)(H,29,34)(H,30,35)(H,32,33)(H,37,38). The fourth-order valence-electron chi connectivity index (χ4n) is 3.50. The zero-order chi connectivity index (χ0) is 28.9. The number of amides is 3. The number of rotatable bonds is 16. The Morgan fingerprint density at radius 2 is 1.56 bits per heavy atom. The van der Waals surface area contributed by atoms with E-state index < -0.39 is 60.2 Å². The highest BCUT2D eigenvalue weighted by Gasteiger charge is 2.31. The van der Waals surface area contributed by atoms with Crippen molar-refractivity contribution in [1.29, 1.82) is 0 Å². The molecule has 0 aliphatic heterocycles. The van der Waals surface area contributed by atoms with Crippen LogP contribution in [0.25, 0.3) is 0 Å². The molecular weight excluding hydrogens is 532 g/mol. The van der Waals surface area contributed by atoms with E-state index >= 15 is 0 Å². The van der Waals surface area contributed by atoms with Gasteiger partial charge in [-0.3, -0.25) is 19.2 Å². The fraction of sp³-hybridized carbons (Fsp3) is 0.417. The van der Waals surface area contributed by atoms with Gasteiger partial charge in [0, 0.05) is 24.7 Å². The van der Waals surface area contributed by atoms with Crippen LogP contribution in [0.3, 0.4) is 0 Å². The first kappa shape index (κ1) is 31.1. The Labute approximate surface area is 228 Å². The molecule has 3 amide bonds. The average Bonchev–Trinajstić information content (AvgIpc) is 3.39. The molecule has 2 rings (SSSR count). The van der Waals surface area contributed by atoms with Crippen molar-refractivity contribution in [1.82, 2.24) is 25.9 Å². The lowest BCUT2D eigenvalue weighted by molar-refractivity contribution is -0.143. The van der Waals surface area contributed by atoms with Gasteiger partial charge in [-0.2, -0.15) is 11.8 Å². The van der Waals surface area contributed by atoms with Gasteiger partial charge in [-0.1, -0.05) is 12.1 Å². The van der Waals surface area contributed by atoms with Crippen LogP contribution >= 0.6 is 11.8 Å². The number of aromatic hydroxyl groups is 1. The number of nitrogens with two attached hydrogens (primary N) is 1. The van der Waals surface area contributed by atoms with E-state index in [0.29, 0.717) is 17.0 Å². The van der Waals surface area contributed by atoms with Gasteiger partial charge in [0.1, 0.15) is 23.9 Å². The minimum absolute atomic E-state index is 0.0157. The lowest BCUT2D eigenvalue weighted by Crippen LogP contribution is -2.58. The predicted octanol–water partition coefficient (Wildman–Crippen LogP) is -1.01. The fourth-order valence-corrected chi connectivity index (χ4v) is 3.97. The maximum atomic E-state index is 13.3.